The zero-order chi connectivity index (χ0) is 14.5. The van der Waals surface area contributed by atoms with Crippen LogP contribution in [0.25, 0.3) is 0 Å². The van der Waals surface area contributed by atoms with Crippen molar-refractivity contribution in [3.63, 3.8) is 0 Å². The second-order valence-corrected chi connectivity index (χ2v) is 5.27. The van der Waals surface area contributed by atoms with Crippen molar-refractivity contribution >= 4 is 23.3 Å². The molecule has 1 aliphatic rings. The number of nitrogens with zero attached hydrogens (tertiary/aromatic N) is 1. The smallest absolute Gasteiger partial charge is 0.341 e. The monoisotopic (exact) mass is 300 g/mol. The third-order valence-electron chi connectivity index (χ3n) is 3.34. The van der Waals surface area contributed by atoms with Gasteiger partial charge in [0.15, 0.2) is 0 Å². The molecular weight excluding hydrogens is 283 g/mol. The molecule has 1 aromatic rings. The number of pyridine rings is 1. The minimum atomic E-state index is -0.787. The second kappa shape index (κ2) is 6.88. The van der Waals surface area contributed by atoms with Crippen LogP contribution < -0.4 is 5.32 Å². The van der Waals surface area contributed by atoms with Gasteiger partial charge in [-0.3, -0.25) is 0 Å². The van der Waals surface area contributed by atoms with Gasteiger partial charge in [-0.05, 0) is 38.7 Å². The first-order valence-corrected chi connectivity index (χ1v) is 7.21. The maximum absolute atomic E-state index is 13.4. The summed E-state index contributed by atoms with van der Waals surface area (Å²) >= 11 is 5.87. The number of carbonyl (C=O) groups excluding carboxylic acids is 1. The van der Waals surface area contributed by atoms with Gasteiger partial charge in [0.2, 0.25) is 0 Å². The summed E-state index contributed by atoms with van der Waals surface area (Å²) < 4.78 is 18.4. The first kappa shape index (κ1) is 15.0. The molecule has 0 amide bonds. The molecule has 0 spiro atoms. The molecule has 1 N–H and O–H groups in total. The summed E-state index contributed by atoms with van der Waals surface area (Å²) in [4.78, 5) is 15.8. The van der Waals surface area contributed by atoms with E-state index in [-0.39, 0.29) is 17.8 Å². The second-order valence-electron chi connectivity index (χ2n) is 4.88. The Balaban J connectivity index is 2.16. The lowest BCUT2D eigenvalue weighted by molar-refractivity contribution is 0.0527. The molecule has 2 unspecified atom stereocenters. The molecule has 4 nitrogen and oxygen atoms in total. The minimum absolute atomic E-state index is 0.00499. The molecule has 6 heteroatoms. The maximum atomic E-state index is 13.4. The quantitative estimate of drug-likeness (QED) is 0.682. The van der Waals surface area contributed by atoms with Crippen LogP contribution in [0.3, 0.4) is 0 Å². The molecule has 1 heterocycles. The lowest BCUT2D eigenvalue weighted by Crippen LogP contribution is -2.29. The van der Waals surface area contributed by atoms with Crippen LogP contribution in [0.15, 0.2) is 12.3 Å². The number of ether oxygens (including phenoxy) is 1. The van der Waals surface area contributed by atoms with Gasteiger partial charge >= 0.3 is 5.97 Å². The summed E-state index contributed by atoms with van der Waals surface area (Å²) in [6, 6.07) is 1.58. The Morgan fingerprint density at radius 3 is 3.10 bits per heavy atom. The molecule has 1 saturated carbocycles. The van der Waals surface area contributed by atoms with Crippen LogP contribution in [0.1, 0.15) is 43.0 Å². The Morgan fingerprint density at radius 2 is 2.40 bits per heavy atom. The van der Waals surface area contributed by atoms with Crippen molar-refractivity contribution < 1.29 is 13.9 Å². The molecular formula is C14H18ClFN2O2. The Morgan fingerprint density at radius 1 is 1.60 bits per heavy atom. The van der Waals surface area contributed by atoms with Gasteiger partial charge in [0, 0.05) is 12.2 Å². The van der Waals surface area contributed by atoms with Crippen LogP contribution in [-0.2, 0) is 4.74 Å². The number of alkyl halides is 1. The molecule has 1 fully saturated rings. The van der Waals surface area contributed by atoms with Gasteiger partial charge < -0.3 is 10.1 Å². The Labute approximate surface area is 122 Å². The third kappa shape index (κ3) is 3.82. The molecule has 0 radical (unpaired) electrons. The lowest BCUT2D eigenvalue weighted by atomic mass is 9.93. The highest BCUT2D eigenvalue weighted by Crippen LogP contribution is 2.27. The molecule has 0 saturated heterocycles. The van der Waals surface area contributed by atoms with Crippen molar-refractivity contribution in [3.05, 3.63) is 23.0 Å². The maximum Gasteiger partial charge on any atom is 0.341 e. The SMILES string of the molecule is CCOC(=O)c1cnc(Cl)cc1NC1CCCC(F)C1. The van der Waals surface area contributed by atoms with Crippen molar-refractivity contribution in [2.75, 3.05) is 11.9 Å². The van der Waals surface area contributed by atoms with Gasteiger partial charge in [0.25, 0.3) is 0 Å². The van der Waals surface area contributed by atoms with Crippen molar-refractivity contribution in [3.8, 4) is 0 Å². The molecule has 110 valence electrons. The van der Waals surface area contributed by atoms with Crippen LogP contribution in [0.2, 0.25) is 5.15 Å². The zero-order valence-electron chi connectivity index (χ0n) is 11.4. The van der Waals surface area contributed by atoms with E-state index in [2.05, 4.69) is 10.3 Å². The molecule has 0 aromatic carbocycles. The van der Waals surface area contributed by atoms with E-state index in [0.29, 0.717) is 24.1 Å². The fraction of sp³-hybridized carbons (Fsp3) is 0.571. The predicted octanol–water partition coefficient (Wildman–Crippen LogP) is 3.60. The third-order valence-corrected chi connectivity index (χ3v) is 3.54. The average molecular weight is 301 g/mol. The van der Waals surface area contributed by atoms with E-state index >= 15 is 0 Å². The Kier molecular flexibility index (Phi) is 5.17. The van der Waals surface area contributed by atoms with E-state index in [1.54, 1.807) is 13.0 Å². The molecule has 2 atom stereocenters. The summed E-state index contributed by atoms with van der Waals surface area (Å²) in [5.41, 5.74) is 0.889. The number of esters is 1. The number of halogens is 2. The number of aromatic nitrogens is 1. The summed E-state index contributed by atoms with van der Waals surface area (Å²) in [6.07, 6.45) is 3.37. The number of hydrogen-bond acceptors (Lipinski definition) is 4. The molecule has 2 rings (SSSR count). The normalized spacial score (nSPS) is 22.4. The predicted molar refractivity (Wildman–Crippen MR) is 76.0 cm³/mol. The van der Waals surface area contributed by atoms with E-state index in [1.807, 2.05) is 0 Å². The molecule has 1 aromatic heterocycles. The van der Waals surface area contributed by atoms with Crippen molar-refractivity contribution in [2.45, 2.75) is 44.8 Å². The summed E-state index contributed by atoms with van der Waals surface area (Å²) in [7, 11) is 0. The van der Waals surface area contributed by atoms with E-state index in [9.17, 15) is 9.18 Å². The van der Waals surface area contributed by atoms with E-state index in [0.717, 1.165) is 12.8 Å². The largest absolute Gasteiger partial charge is 0.462 e. The number of rotatable bonds is 4. The van der Waals surface area contributed by atoms with E-state index in [1.165, 1.54) is 6.20 Å². The zero-order valence-corrected chi connectivity index (χ0v) is 12.1. The van der Waals surface area contributed by atoms with Gasteiger partial charge in [0.1, 0.15) is 16.9 Å². The first-order chi connectivity index (χ1) is 9.60. The van der Waals surface area contributed by atoms with Crippen LogP contribution in [0, 0.1) is 0 Å². The van der Waals surface area contributed by atoms with E-state index in [4.69, 9.17) is 16.3 Å². The highest BCUT2D eigenvalue weighted by atomic mass is 35.5. The minimum Gasteiger partial charge on any atom is -0.462 e. The van der Waals surface area contributed by atoms with Gasteiger partial charge in [0.05, 0.1) is 12.3 Å². The number of anilines is 1. The van der Waals surface area contributed by atoms with Gasteiger partial charge in [-0.2, -0.15) is 0 Å². The first-order valence-electron chi connectivity index (χ1n) is 6.83. The lowest BCUT2D eigenvalue weighted by Gasteiger charge is -2.27. The molecule has 1 aliphatic carbocycles. The van der Waals surface area contributed by atoms with Crippen LogP contribution in [0.5, 0.6) is 0 Å². The highest BCUT2D eigenvalue weighted by molar-refractivity contribution is 6.29. The summed E-state index contributed by atoms with van der Waals surface area (Å²) in [5, 5.41) is 3.48. The molecule has 0 bridgehead atoms. The number of hydrogen-bond donors (Lipinski definition) is 1. The molecule has 20 heavy (non-hydrogen) atoms. The molecule has 0 aliphatic heterocycles. The fourth-order valence-corrected chi connectivity index (χ4v) is 2.56. The van der Waals surface area contributed by atoms with Crippen molar-refractivity contribution in [1.29, 1.82) is 0 Å². The van der Waals surface area contributed by atoms with Crippen LogP contribution in [0.4, 0.5) is 10.1 Å². The highest BCUT2D eigenvalue weighted by Gasteiger charge is 2.23. The van der Waals surface area contributed by atoms with Crippen LogP contribution in [-0.4, -0.2) is 29.8 Å². The van der Waals surface area contributed by atoms with Crippen LogP contribution >= 0.6 is 11.6 Å². The topological polar surface area (TPSA) is 51.2 Å². The fourth-order valence-electron chi connectivity index (χ4n) is 2.40. The van der Waals surface area contributed by atoms with Gasteiger partial charge in [-0.1, -0.05) is 11.6 Å². The van der Waals surface area contributed by atoms with Gasteiger partial charge in [-0.15, -0.1) is 0 Å². The number of carbonyl (C=O) groups is 1. The summed E-state index contributed by atoms with van der Waals surface area (Å²) in [5.74, 6) is -0.452. The Bertz CT molecular complexity index is 484. The number of nitrogens with one attached hydrogen (secondary N) is 1. The van der Waals surface area contributed by atoms with E-state index < -0.39 is 12.1 Å². The summed E-state index contributed by atoms with van der Waals surface area (Å²) in [6.45, 7) is 2.03. The van der Waals surface area contributed by atoms with Crippen molar-refractivity contribution in [1.82, 2.24) is 4.98 Å². The Hall–Kier alpha value is -1.36. The average Bonchev–Trinajstić information content (AvgIpc) is 2.39. The van der Waals surface area contributed by atoms with Gasteiger partial charge in [-0.25, -0.2) is 14.2 Å². The standard InChI is InChI=1S/C14H18ClFN2O2/c1-2-20-14(19)11-8-17-13(15)7-12(11)18-10-5-3-4-9(16)6-10/h7-10H,2-6H2,1H3,(H,17,18). The van der Waals surface area contributed by atoms with Crippen molar-refractivity contribution in [2.24, 2.45) is 0 Å².